The Labute approximate surface area is 179 Å². The third-order valence-corrected chi connectivity index (χ3v) is 5.15. The molecule has 30 heavy (non-hydrogen) atoms. The van der Waals surface area contributed by atoms with Crippen molar-refractivity contribution in [1.82, 2.24) is 4.98 Å². The number of aromatic nitrogens is 1. The van der Waals surface area contributed by atoms with Crippen LogP contribution in [0.25, 0.3) is 10.9 Å². The molecule has 0 aliphatic carbocycles. The van der Waals surface area contributed by atoms with Gasteiger partial charge in [-0.2, -0.15) is 0 Å². The number of hydrogen-bond acceptors (Lipinski definition) is 6. The summed E-state index contributed by atoms with van der Waals surface area (Å²) in [5, 5.41) is 1.21. The van der Waals surface area contributed by atoms with Crippen LogP contribution in [0.4, 0.5) is 5.69 Å². The summed E-state index contributed by atoms with van der Waals surface area (Å²) in [6.45, 7) is 3.16. The van der Waals surface area contributed by atoms with Crippen molar-refractivity contribution in [1.29, 1.82) is 0 Å². The van der Waals surface area contributed by atoms with Crippen molar-refractivity contribution >= 4 is 50.0 Å². The van der Waals surface area contributed by atoms with Crippen molar-refractivity contribution in [2.45, 2.75) is 20.0 Å². The summed E-state index contributed by atoms with van der Waals surface area (Å²) in [4.78, 5) is 29.6. The highest BCUT2D eigenvalue weighted by atomic mass is 35.5. The number of ketones is 1. The maximum Gasteiger partial charge on any atom is 0.340 e. The zero-order valence-corrected chi connectivity index (χ0v) is 18.0. The second kappa shape index (κ2) is 8.41. The first-order valence-corrected chi connectivity index (χ1v) is 11.2. The molecule has 9 heteroatoms. The minimum Gasteiger partial charge on any atom is -0.451 e. The lowest BCUT2D eigenvalue weighted by Crippen LogP contribution is -2.25. The maximum absolute atomic E-state index is 12.6. The normalized spacial score (nSPS) is 12.4. The molecule has 0 bridgehead atoms. The molecule has 0 spiro atoms. The number of fused-ring (bicyclic) bond motifs is 1. The van der Waals surface area contributed by atoms with Crippen LogP contribution in [0, 0.1) is 6.92 Å². The lowest BCUT2D eigenvalue weighted by Gasteiger charge is -2.14. The molecule has 0 aliphatic heterocycles. The van der Waals surface area contributed by atoms with Gasteiger partial charge in [-0.15, -0.1) is 0 Å². The number of aryl methyl sites for hydroxylation is 1. The van der Waals surface area contributed by atoms with E-state index in [2.05, 4.69) is 9.71 Å². The first-order valence-electron chi connectivity index (χ1n) is 8.93. The molecule has 0 saturated heterocycles. The van der Waals surface area contributed by atoms with Crippen LogP contribution in [-0.4, -0.2) is 37.5 Å². The van der Waals surface area contributed by atoms with Crippen LogP contribution >= 0.6 is 11.6 Å². The van der Waals surface area contributed by atoms with Crippen LogP contribution in [0.3, 0.4) is 0 Å². The average Bonchev–Trinajstić information content (AvgIpc) is 2.66. The van der Waals surface area contributed by atoms with Gasteiger partial charge in [0.25, 0.3) is 0 Å². The Kier molecular flexibility index (Phi) is 6.09. The largest absolute Gasteiger partial charge is 0.451 e. The number of hydrogen-bond donors (Lipinski definition) is 1. The Morgan fingerprint density at radius 1 is 1.10 bits per heavy atom. The summed E-state index contributed by atoms with van der Waals surface area (Å²) in [6, 6.07) is 12.7. The van der Waals surface area contributed by atoms with Gasteiger partial charge < -0.3 is 4.74 Å². The van der Waals surface area contributed by atoms with Crippen LogP contribution in [-0.2, 0) is 14.8 Å². The fourth-order valence-corrected chi connectivity index (χ4v) is 3.62. The Bertz CT molecular complexity index is 1240. The Hall–Kier alpha value is -2.97. The van der Waals surface area contributed by atoms with E-state index in [1.807, 2.05) is 0 Å². The number of rotatable bonds is 6. The molecule has 0 aliphatic rings. The van der Waals surface area contributed by atoms with Gasteiger partial charge in [0.05, 0.1) is 23.0 Å². The number of Topliss-reactive ketones (excluding diaryl/α,β-unsaturated/α-hetero) is 1. The molecular weight excluding hydrogens is 428 g/mol. The third kappa shape index (κ3) is 5.14. The standard InChI is InChI=1S/C21H19ClN2O5S/c1-12-18(11-15-10-16(22)6-9-19(15)23-12)21(26)29-13(2)20(25)14-4-7-17(8-5-14)24-30(3,27)28/h4-11,13,24H,1-3H3. The highest BCUT2D eigenvalue weighted by molar-refractivity contribution is 7.92. The monoisotopic (exact) mass is 446 g/mol. The minimum atomic E-state index is -3.41. The van der Waals surface area contributed by atoms with Gasteiger partial charge in [0.15, 0.2) is 6.10 Å². The van der Waals surface area contributed by atoms with Gasteiger partial charge in [0.1, 0.15) is 0 Å². The highest BCUT2D eigenvalue weighted by Crippen LogP contribution is 2.22. The first kappa shape index (κ1) is 21.7. The van der Waals surface area contributed by atoms with Crippen LogP contribution in [0.5, 0.6) is 0 Å². The topological polar surface area (TPSA) is 102 Å². The summed E-state index contributed by atoms with van der Waals surface area (Å²) in [5.74, 6) is -1.08. The zero-order chi connectivity index (χ0) is 22.1. The average molecular weight is 447 g/mol. The van der Waals surface area contributed by atoms with Crippen LogP contribution in [0.1, 0.15) is 33.3 Å². The molecule has 0 saturated carbocycles. The second-order valence-corrected chi connectivity index (χ2v) is 9.01. The summed E-state index contributed by atoms with van der Waals surface area (Å²) < 4.78 is 30.2. The minimum absolute atomic E-state index is 0.247. The molecule has 2 aromatic carbocycles. The summed E-state index contributed by atoms with van der Waals surface area (Å²) in [7, 11) is -3.41. The van der Waals surface area contributed by atoms with Crippen molar-refractivity contribution in [3.8, 4) is 0 Å². The number of halogens is 1. The SMILES string of the molecule is Cc1nc2ccc(Cl)cc2cc1C(=O)OC(C)C(=O)c1ccc(NS(C)(=O)=O)cc1. The number of nitrogens with zero attached hydrogens (tertiary/aromatic N) is 1. The molecular formula is C21H19ClN2O5S. The number of esters is 1. The van der Waals surface area contributed by atoms with Crippen LogP contribution in [0.15, 0.2) is 48.5 Å². The van der Waals surface area contributed by atoms with Gasteiger partial charge in [-0.3, -0.25) is 14.5 Å². The van der Waals surface area contributed by atoms with E-state index in [4.69, 9.17) is 16.3 Å². The van der Waals surface area contributed by atoms with E-state index in [1.165, 1.54) is 31.2 Å². The van der Waals surface area contributed by atoms with Crippen LogP contribution < -0.4 is 4.72 Å². The van der Waals surface area contributed by atoms with Gasteiger partial charge in [-0.25, -0.2) is 13.2 Å². The third-order valence-electron chi connectivity index (χ3n) is 4.31. The van der Waals surface area contributed by atoms with Crippen LogP contribution in [0.2, 0.25) is 5.02 Å². The summed E-state index contributed by atoms with van der Waals surface area (Å²) in [6.07, 6.45) is -0.00813. The molecule has 0 fully saturated rings. The van der Waals surface area contributed by atoms with E-state index in [0.717, 1.165) is 6.26 Å². The first-order chi connectivity index (χ1) is 14.0. The number of sulfonamides is 1. The summed E-state index contributed by atoms with van der Waals surface area (Å²) in [5.41, 5.74) is 2.04. The zero-order valence-electron chi connectivity index (χ0n) is 16.5. The molecule has 7 nitrogen and oxygen atoms in total. The molecule has 0 radical (unpaired) electrons. The quantitative estimate of drug-likeness (QED) is 0.453. The number of nitrogens with one attached hydrogen (secondary N) is 1. The maximum atomic E-state index is 12.6. The Morgan fingerprint density at radius 3 is 2.40 bits per heavy atom. The fraction of sp³-hybridized carbons (Fsp3) is 0.190. The van der Waals surface area contributed by atoms with E-state index in [1.54, 1.807) is 31.2 Å². The van der Waals surface area contributed by atoms with Gasteiger partial charge >= 0.3 is 5.97 Å². The number of ether oxygens (including phenoxy) is 1. The van der Waals surface area contributed by atoms with Gasteiger partial charge in [0.2, 0.25) is 15.8 Å². The number of carbonyl (C=O) groups is 2. The van der Waals surface area contributed by atoms with E-state index < -0.39 is 27.9 Å². The number of pyridine rings is 1. The van der Waals surface area contributed by atoms with E-state index >= 15 is 0 Å². The predicted octanol–water partition coefficient (Wildman–Crippen LogP) is 4.00. The molecule has 0 amide bonds. The van der Waals surface area contributed by atoms with E-state index in [9.17, 15) is 18.0 Å². The van der Waals surface area contributed by atoms with Crippen molar-refractivity contribution < 1.29 is 22.7 Å². The molecule has 3 aromatic rings. The lowest BCUT2D eigenvalue weighted by molar-refractivity contribution is 0.0318. The van der Waals surface area contributed by atoms with Gasteiger partial charge in [0, 0.05) is 21.7 Å². The Morgan fingerprint density at radius 2 is 1.77 bits per heavy atom. The van der Waals surface area contributed by atoms with E-state index in [-0.39, 0.29) is 11.1 Å². The molecule has 1 N–H and O–H groups in total. The molecule has 1 heterocycles. The summed E-state index contributed by atoms with van der Waals surface area (Å²) >= 11 is 6.00. The molecule has 1 aromatic heterocycles. The molecule has 1 unspecified atom stereocenters. The predicted molar refractivity (Wildman–Crippen MR) is 116 cm³/mol. The number of benzene rings is 2. The van der Waals surface area contributed by atoms with Gasteiger partial charge in [-0.1, -0.05) is 11.6 Å². The fourth-order valence-electron chi connectivity index (χ4n) is 2.88. The van der Waals surface area contributed by atoms with Crippen molar-refractivity contribution in [3.05, 3.63) is 70.4 Å². The number of anilines is 1. The molecule has 156 valence electrons. The second-order valence-electron chi connectivity index (χ2n) is 6.82. The molecule has 3 rings (SSSR count). The van der Waals surface area contributed by atoms with E-state index in [0.29, 0.717) is 27.3 Å². The highest BCUT2D eigenvalue weighted by Gasteiger charge is 2.22. The lowest BCUT2D eigenvalue weighted by atomic mass is 10.1. The van der Waals surface area contributed by atoms with Crippen molar-refractivity contribution in [3.63, 3.8) is 0 Å². The van der Waals surface area contributed by atoms with Crippen molar-refractivity contribution in [2.75, 3.05) is 11.0 Å². The Balaban J connectivity index is 1.76. The smallest absolute Gasteiger partial charge is 0.340 e. The molecule has 1 atom stereocenters. The number of carbonyl (C=O) groups excluding carboxylic acids is 2. The van der Waals surface area contributed by atoms with Crippen molar-refractivity contribution in [2.24, 2.45) is 0 Å². The van der Waals surface area contributed by atoms with Gasteiger partial charge in [-0.05, 0) is 62.4 Å².